The summed E-state index contributed by atoms with van der Waals surface area (Å²) in [6.07, 6.45) is 5.38. The lowest BCUT2D eigenvalue weighted by Crippen LogP contribution is -2.33. The monoisotopic (exact) mass is 517 g/mol. The van der Waals surface area contributed by atoms with Gasteiger partial charge < -0.3 is 25.2 Å². The molecule has 1 fully saturated rings. The van der Waals surface area contributed by atoms with Crippen LogP contribution >= 0.6 is 0 Å². The number of aliphatic hydroxyl groups excluding tert-OH is 1. The molecular formula is C28H35N7O3. The van der Waals surface area contributed by atoms with Gasteiger partial charge in [-0.15, -0.1) is 0 Å². The van der Waals surface area contributed by atoms with E-state index in [1.54, 1.807) is 6.20 Å². The Morgan fingerprint density at radius 3 is 2.95 bits per heavy atom. The maximum absolute atomic E-state index is 10.0. The Kier molecular flexibility index (Phi) is 7.61. The van der Waals surface area contributed by atoms with Crippen LogP contribution in [0.5, 0.6) is 0 Å². The zero-order chi connectivity index (χ0) is 26.7. The van der Waals surface area contributed by atoms with Gasteiger partial charge in [-0.05, 0) is 42.5 Å². The third kappa shape index (κ3) is 5.36. The molecule has 3 aromatic rings. The first kappa shape index (κ1) is 26.1. The molecule has 1 saturated heterocycles. The van der Waals surface area contributed by atoms with E-state index in [0.717, 1.165) is 41.0 Å². The highest BCUT2D eigenvalue weighted by Crippen LogP contribution is 2.41. The Balaban J connectivity index is 1.43. The van der Waals surface area contributed by atoms with Crippen LogP contribution < -0.4 is 10.6 Å². The Hall–Kier alpha value is -3.52. The van der Waals surface area contributed by atoms with Crippen molar-refractivity contribution in [3.05, 3.63) is 47.4 Å². The third-order valence-corrected chi connectivity index (χ3v) is 7.28. The molecule has 0 spiro atoms. The van der Waals surface area contributed by atoms with Crippen molar-refractivity contribution in [2.45, 2.75) is 51.7 Å². The van der Waals surface area contributed by atoms with Crippen LogP contribution in [0.4, 0.5) is 17.3 Å². The summed E-state index contributed by atoms with van der Waals surface area (Å²) in [6.45, 7) is 9.39. The van der Waals surface area contributed by atoms with E-state index in [1.807, 2.05) is 36.0 Å². The molecule has 4 heterocycles. The second-order valence-corrected chi connectivity index (χ2v) is 10.7. The predicted octanol–water partition coefficient (Wildman–Crippen LogP) is 3.63. The van der Waals surface area contributed by atoms with Gasteiger partial charge in [0.2, 0.25) is 5.95 Å². The molecule has 2 aliphatic rings. The summed E-state index contributed by atoms with van der Waals surface area (Å²) < 4.78 is 13.4. The van der Waals surface area contributed by atoms with Gasteiger partial charge in [0.15, 0.2) is 0 Å². The molecule has 10 heteroatoms. The van der Waals surface area contributed by atoms with Gasteiger partial charge in [-0.2, -0.15) is 10.4 Å². The normalized spacial score (nSPS) is 20.7. The summed E-state index contributed by atoms with van der Waals surface area (Å²) >= 11 is 0. The van der Waals surface area contributed by atoms with Gasteiger partial charge >= 0.3 is 0 Å². The zero-order valence-electron chi connectivity index (χ0n) is 22.2. The summed E-state index contributed by atoms with van der Waals surface area (Å²) in [5.41, 5.74) is 5.23. The molecule has 3 N–H and O–H groups in total. The molecule has 38 heavy (non-hydrogen) atoms. The quantitative estimate of drug-likeness (QED) is 0.389. The number of nitrogens with zero attached hydrogens (tertiary/aromatic N) is 5. The van der Waals surface area contributed by atoms with Gasteiger partial charge in [-0.25, -0.2) is 9.97 Å². The van der Waals surface area contributed by atoms with E-state index in [2.05, 4.69) is 40.6 Å². The van der Waals surface area contributed by atoms with Crippen molar-refractivity contribution in [1.29, 1.82) is 5.26 Å². The zero-order valence-corrected chi connectivity index (χ0v) is 22.2. The molecule has 0 saturated carbocycles. The second kappa shape index (κ2) is 11.1. The molecule has 0 radical (unpaired) electrons. The predicted molar refractivity (Wildman–Crippen MR) is 144 cm³/mol. The van der Waals surface area contributed by atoms with Crippen LogP contribution in [0.3, 0.4) is 0 Å². The van der Waals surface area contributed by atoms with Crippen LogP contribution in [0.1, 0.15) is 44.0 Å². The number of ether oxygens (including phenoxy) is 2. The Labute approximate surface area is 223 Å². The lowest BCUT2D eigenvalue weighted by Gasteiger charge is -2.23. The lowest BCUT2D eigenvalue weighted by molar-refractivity contribution is -0.0948. The molecule has 10 nitrogen and oxygen atoms in total. The van der Waals surface area contributed by atoms with Crippen LogP contribution in [0.15, 0.2) is 30.6 Å². The van der Waals surface area contributed by atoms with Crippen LogP contribution in [0, 0.1) is 17.2 Å². The highest BCUT2D eigenvalue weighted by atomic mass is 16.6. The minimum Gasteiger partial charge on any atom is -0.395 e. The third-order valence-electron chi connectivity index (χ3n) is 7.28. The fourth-order valence-electron chi connectivity index (χ4n) is 4.96. The average molecular weight is 518 g/mol. The van der Waals surface area contributed by atoms with Gasteiger partial charge in [-0.3, -0.25) is 4.68 Å². The number of rotatable bonds is 9. The van der Waals surface area contributed by atoms with Gasteiger partial charge in [-0.1, -0.05) is 20.8 Å². The minimum atomic E-state index is -0.460. The molecule has 0 bridgehead atoms. The van der Waals surface area contributed by atoms with E-state index in [-0.39, 0.29) is 12.7 Å². The number of hydrogen-bond acceptors (Lipinski definition) is 9. The maximum Gasteiger partial charge on any atom is 0.227 e. The highest BCUT2D eigenvalue weighted by Gasteiger charge is 2.36. The molecule has 2 aliphatic heterocycles. The lowest BCUT2D eigenvalue weighted by atomic mass is 9.83. The van der Waals surface area contributed by atoms with E-state index in [0.29, 0.717) is 56.0 Å². The van der Waals surface area contributed by atoms with Crippen LogP contribution in [-0.2, 0) is 27.9 Å². The molecular weight excluding hydrogens is 482 g/mol. The average Bonchev–Trinajstić information content (AvgIpc) is 3.48. The fourth-order valence-corrected chi connectivity index (χ4v) is 4.96. The first-order valence-corrected chi connectivity index (χ1v) is 13.2. The standard InChI is InChI=1S/C28H35N7O3/c1-18(2)4-5-25-24(13-32-35(25)14-21-15-37-8-9-38-21)34-27-30-7-6-23(33-27)19-10-20(12-29)26-22(11-19)28(3,17-36)16-31-26/h6-7,10-11,13,18,21,31,36H,4-5,8-9,14-17H2,1-3H3,(H,30,33,34). The van der Waals surface area contributed by atoms with E-state index in [9.17, 15) is 10.4 Å². The minimum absolute atomic E-state index is 0.0148. The van der Waals surface area contributed by atoms with Gasteiger partial charge in [0.05, 0.1) is 67.5 Å². The summed E-state index contributed by atoms with van der Waals surface area (Å²) in [7, 11) is 0. The number of aromatic nitrogens is 4. The summed E-state index contributed by atoms with van der Waals surface area (Å²) in [6, 6.07) is 7.96. The first-order valence-electron chi connectivity index (χ1n) is 13.2. The van der Waals surface area contributed by atoms with Crippen molar-refractivity contribution < 1.29 is 14.6 Å². The molecule has 2 unspecified atom stereocenters. The van der Waals surface area contributed by atoms with Crippen LogP contribution in [0.2, 0.25) is 0 Å². The summed E-state index contributed by atoms with van der Waals surface area (Å²) in [4.78, 5) is 9.24. The van der Waals surface area contributed by atoms with Crippen molar-refractivity contribution >= 4 is 17.3 Å². The number of anilines is 3. The van der Waals surface area contributed by atoms with Crippen molar-refractivity contribution in [3.8, 4) is 17.3 Å². The summed E-state index contributed by atoms with van der Waals surface area (Å²) in [5.74, 6) is 1.00. The van der Waals surface area contributed by atoms with E-state index in [4.69, 9.17) is 14.5 Å². The van der Waals surface area contributed by atoms with E-state index in [1.165, 1.54) is 0 Å². The van der Waals surface area contributed by atoms with Gasteiger partial charge in [0.1, 0.15) is 12.2 Å². The second-order valence-electron chi connectivity index (χ2n) is 10.7. The Morgan fingerprint density at radius 2 is 2.21 bits per heavy atom. The number of hydrogen-bond donors (Lipinski definition) is 3. The number of benzene rings is 1. The Morgan fingerprint density at radius 1 is 1.34 bits per heavy atom. The largest absolute Gasteiger partial charge is 0.395 e. The van der Waals surface area contributed by atoms with Crippen molar-refractivity contribution in [2.24, 2.45) is 5.92 Å². The van der Waals surface area contributed by atoms with Crippen molar-refractivity contribution in [2.75, 3.05) is 43.6 Å². The number of fused-ring (bicyclic) bond motifs is 1. The first-order chi connectivity index (χ1) is 18.4. The Bertz CT molecular complexity index is 1330. The highest BCUT2D eigenvalue weighted by molar-refractivity contribution is 5.76. The molecule has 200 valence electrons. The topological polar surface area (TPSA) is 130 Å². The molecule has 2 atom stereocenters. The van der Waals surface area contributed by atoms with Crippen molar-refractivity contribution in [3.63, 3.8) is 0 Å². The van der Waals surface area contributed by atoms with Crippen LogP contribution in [-0.4, -0.2) is 63.9 Å². The maximum atomic E-state index is 10.0. The SMILES string of the molecule is CC(C)CCc1c(Nc2nccc(-c3cc(C#N)c4c(c3)C(C)(CO)CN4)n2)cnn1CC1COCCO1. The molecule has 2 aromatic heterocycles. The number of nitriles is 1. The summed E-state index contributed by atoms with van der Waals surface area (Å²) in [5, 5.41) is 31.1. The fraction of sp³-hybridized carbons (Fsp3) is 0.500. The molecule has 5 rings (SSSR count). The number of aliphatic hydroxyl groups is 1. The van der Waals surface area contributed by atoms with Gasteiger partial charge in [0.25, 0.3) is 0 Å². The van der Waals surface area contributed by atoms with Crippen molar-refractivity contribution in [1.82, 2.24) is 19.7 Å². The van der Waals surface area contributed by atoms with Crippen LogP contribution in [0.25, 0.3) is 11.3 Å². The number of nitrogens with one attached hydrogen (secondary N) is 2. The van der Waals surface area contributed by atoms with E-state index < -0.39 is 5.41 Å². The molecule has 0 aliphatic carbocycles. The molecule has 1 aromatic carbocycles. The van der Waals surface area contributed by atoms with E-state index >= 15 is 0 Å². The van der Waals surface area contributed by atoms with Gasteiger partial charge in [0, 0.05) is 23.7 Å². The molecule has 0 amide bonds. The smallest absolute Gasteiger partial charge is 0.227 e.